The summed E-state index contributed by atoms with van der Waals surface area (Å²) in [5, 5.41) is 3.05. The summed E-state index contributed by atoms with van der Waals surface area (Å²) in [6.07, 6.45) is 0.293. The zero-order valence-electron chi connectivity index (χ0n) is 15.5. The van der Waals surface area contributed by atoms with E-state index in [1.165, 1.54) is 0 Å². The van der Waals surface area contributed by atoms with Crippen LogP contribution in [0.3, 0.4) is 0 Å². The van der Waals surface area contributed by atoms with Gasteiger partial charge >= 0.3 is 0 Å². The van der Waals surface area contributed by atoms with Crippen molar-refractivity contribution in [3.63, 3.8) is 0 Å². The Morgan fingerprint density at radius 2 is 2.00 bits per heavy atom. The molecule has 25 heavy (non-hydrogen) atoms. The molecule has 6 heteroatoms. The van der Waals surface area contributed by atoms with Crippen LogP contribution in [0.4, 0.5) is 0 Å². The molecule has 1 aliphatic rings. The molecule has 0 unspecified atom stereocenters. The van der Waals surface area contributed by atoms with Gasteiger partial charge in [-0.3, -0.25) is 9.69 Å². The van der Waals surface area contributed by atoms with Gasteiger partial charge in [0.15, 0.2) is 0 Å². The van der Waals surface area contributed by atoms with E-state index < -0.39 is 0 Å². The number of carbonyl (C=O) groups is 1. The molecular weight excluding hydrogens is 316 g/mol. The molecule has 1 fully saturated rings. The second kappa shape index (κ2) is 7.54. The fraction of sp³-hybridized carbons (Fsp3) is 0.579. The molecule has 1 aromatic carbocycles. The normalized spacial score (nSPS) is 23.1. The molecule has 6 nitrogen and oxygen atoms in total. The number of nitrogens with zero attached hydrogens (tertiary/aromatic N) is 2. The third-order valence-electron chi connectivity index (χ3n) is 4.61. The molecule has 0 spiro atoms. The molecule has 2 N–H and O–H groups in total. The number of aromatic amines is 1. The standard InChI is InChI=1S/C19H28N4O2/c1-12(2)18(23-10-13(3)25-14(4)11-23)19(24)20-9-17-21-15-7-5-6-8-16(15)22-17/h5-8,12-14,18H,9-11H2,1-4H3,(H,20,24)(H,21,22)/t13-,14+,18-/m1/s1. The maximum Gasteiger partial charge on any atom is 0.238 e. The van der Waals surface area contributed by atoms with Crippen molar-refractivity contribution >= 4 is 16.9 Å². The predicted octanol–water partition coefficient (Wildman–Crippen LogP) is 2.31. The Bertz CT molecular complexity index is 684. The molecule has 0 saturated carbocycles. The van der Waals surface area contributed by atoms with Crippen LogP contribution in [0.25, 0.3) is 11.0 Å². The van der Waals surface area contributed by atoms with Crippen molar-refractivity contribution in [1.82, 2.24) is 20.2 Å². The first-order valence-corrected chi connectivity index (χ1v) is 9.05. The lowest BCUT2D eigenvalue weighted by molar-refractivity contribution is -0.135. The molecule has 2 heterocycles. The van der Waals surface area contributed by atoms with Gasteiger partial charge in [-0.05, 0) is 31.9 Å². The second-order valence-electron chi connectivity index (χ2n) is 7.32. The van der Waals surface area contributed by atoms with Crippen LogP contribution in [-0.2, 0) is 16.1 Å². The van der Waals surface area contributed by atoms with Crippen molar-refractivity contribution < 1.29 is 9.53 Å². The number of imidazole rings is 1. The molecule has 3 rings (SSSR count). The Labute approximate surface area is 149 Å². The van der Waals surface area contributed by atoms with Gasteiger partial charge in [0.25, 0.3) is 0 Å². The smallest absolute Gasteiger partial charge is 0.238 e. The van der Waals surface area contributed by atoms with E-state index >= 15 is 0 Å². The molecule has 136 valence electrons. The number of benzene rings is 1. The minimum absolute atomic E-state index is 0.0526. The van der Waals surface area contributed by atoms with Crippen LogP contribution in [0.1, 0.15) is 33.5 Å². The van der Waals surface area contributed by atoms with Crippen molar-refractivity contribution in [3.05, 3.63) is 30.1 Å². The Morgan fingerprint density at radius 3 is 2.64 bits per heavy atom. The number of morpholine rings is 1. The van der Waals surface area contributed by atoms with Gasteiger partial charge < -0.3 is 15.0 Å². The van der Waals surface area contributed by atoms with Gasteiger partial charge in [0, 0.05) is 13.1 Å². The number of aromatic nitrogens is 2. The molecule has 1 amide bonds. The maximum absolute atomic E-state index is 12.9. The van der Waals surface area contributed by atoms with E-state index in [0.717, 1.165) is 29.9 Å². The monoisotopic (exact) mass is 344 g/mol. The maximum atomic E-state index is 12.9. The van der Waals surface area contributed by atoms with E-state index in [4.69, 9.17) is 4.74 Å². The lowest BCUT2D eigenvalue weighted by Gasteiger charge is -2.40. The minimum atomic E-state index is -0.154. The Morgan fingerprint density at radius 1 is 1.32 bits per heavy atom. The summed E-state index contributed by atoms with van der Waals surface area (Å²) in [5.74, 6) is 1.06. The van der Waals surface area contributed by atoms with E-state index in [2.05, 4.69) is 47.9 Å². The zero-order valence-corrected chi connectivity index (χ0v) is 15.5. The first-order valence-electron chi connectivity index (χ1n) is 9.05. The summed E-state index contributed by atoms with van der Waals surface area (Å²) in [6.45, 7) is 10.3. The highest BCUT2D eigenvalue weighted by Crippen LogP contribution is 2.19. The topological polar surface area (TPSA) is 70.2 Å². The van der Waals surface area contributed by atoms with E-state index in [0.29, 0.717) is 6.54 Å². The summed E-state index contributed by atoms with van der Waals surface area (Å²) in [5.41, 5.74) is 1.91. The number of H-pyrrole nitrogens is 1. The van der Waals surface area contributed by atoms with Crippen molar-refractivity contribution in [3.8, 4) is 0 Å². The number of hydrogen-bond acceptors (Lipinski definition) is 4. The third kappa shape index (κ3) is 4.19. The lowest BCUT2D eigenvalue weighted by Crippen LogP contribution is -2.56. The number of hydrogen-bond donors (Lipinski definition) is 2. The van der Waals surface area contributed by atoms with Crippen LogP contribution >= 0.6 is 0 Å². The fourth-order valence-corrected chi connectivity index (χ4v) is 3.70. The molecule has 1 saturated heterocycles. The first-order chi connectivity index (χ1) is 11.9. The largest absolute Gasteiger partial charge is 0.373 e. The fourth-order valence-electron chi connectivity index (χ4n) is 3.70. The Hall–Kier alpha value is -1.92. The highest BCUT2D eigenvalue weighted by atomic mass is 16.5. The van der Waals surface area contributed by atoms with E-state index in [1.54, 1.807) is 0 Å². The summed E-state index contributed by atoms with van der Waals surface area (Å²) in [7, 11) is 0. The van der Waals surface area contributed by atoms with Gasteiger partial charge in [-0.15, -0.1) is 0 Å². The highest BCUT2D eigenvalue weighted by molar-refractivity contribution is 5.82. The van der Waals surface area contributed by atoms with Crippen LogP contribution < -0.4 is 5.32 Å². The molecule has 1 aliphatic heterocycles. The van der Waals surface area contributed by atoms with Gasteiger partial charge in [0.1, 0.15) is 5.82 Å². The molecule has 2 aromatic rings. The van der Waals surface area contributed by atoms with E-state index in [9.17, 15) is 4.79 Å². The summed E-state index contributed by atoms with van der Waals surface area (Å²) < 4.78 is 5.80. The van der Waals surface area contributed by atoms with Crippen LogP contribution in [0.5, 0.6) is 0 Å². The predicted molar refractivity (Wildman–Crippen MR) is 98.1 cm³/mol. The number of amides is 1. The van der Waals surface area contributed by atoms with Gasteiger partial charge in [-0.25, -0.2) is 4.98 Å². The van der Waals surface area contributed by atoms with Crippen molar-refractivity contribution in [2.24, 2.45) is 5.92 Å². The number of nitrogens with one attached hydrogen (secondary N) is 2. The first kappa shape index (κ1) is 17.9. The molecule has 0 aliphatic carbocycles. The molecule has 3 atom stereocenters. The number of carbonyl (C=O) groups excluding carboxylic acids is 1. The van der Waals surface area contributed by atoms with Crippen molar-refractivity contribution in [2.75, 3.05) is 13.1 Å². The quantitative estimate of drug-likeness (QED) is 0.873. The average Bonchev–Trinajstić information content (AvgIpc) is 2.94. The second-order valence-corrected chi connectivity index (χ2v) is 7.32. The van der Waals surface area contributed by atoms with E-state index in [1.807, 2.05) is 24.3 Å². The molecule has 0 bridgehead atoms. The van der Waals surface area contributed by atoms with Gasteiger partial charge in [0.05, 0.1) is 35.8 Å². The molecule has 0 radical (unpaired) electrons. The summed E-state index contributed by atoms with van der Waals surface area (Å²) >= 11 is 0. The third-order valence-corrected chi connectivity index (χ3v) is 4.61. The number of fused-ring (bicyclic) bond motifs is 1. The van der Waals surface area contributed by atoms with E-state index in [-0.39, 0.29) is 30.1 Å². The Balaban J connectivity index is 1.66. The molecular formula is C19H28N4O2. The van der Waals surface area contributed by atoms with Crippen LogP contribution in [0.2, 0.25) is 0 Å². The minimum Gasteiger partial charge on any atom is -0.373 e. The SMILES string of the molecule is CC(C)[C@H](C(=O)NCc1nc2ccccc2[nH]1)N1C[C@@H](C)O[C@@H](C)C1. The van der Waals surface area contributed by atoms with Gasteiger partial charge in [-0.1, -0.05) is 26.0 Å². The van der Waals surface area contributed by atoms with Crippen LogP contribution in [-0.4, -0.2) is 52.1 Å². The number of rotatable bonds is 5. The van der Waals surface area contributed by atoms with Crippen molar-refractivity contribution in [1.29, 1.82) is 0 Å². The summed E-state index contributed by atoms with van der Waals surface area (Å²) in [6, 6.07) is 7.73. The zero-order chi connectivity index (χ0) is 18.0. The Kier molecular flexibility index (Phi) is 5.39. The molecule has 1 aromatic heterocycles. The summed E-state index contributed by atoms with van der Waals surface area (Å²) in [4.78, 5) is 22.9. The average molecular weight is 344 g/mol. The van der Waals surface area contributed by atoms with Gasteiger partial charge in [0.2, 0.25) is 5.91 Å². The van der Waals surface area contributed by atoms with Gasteiger partial charge in [-0.2, -0.15) is 0 Å². The highest BCUT2D eigenvalue weighted by Gasteiger charge is 2.34. The van der Waals surface area contributed by atoms with Crippen molar-refractivity contribution in [2.45, 2.75) is 52.5 Å². The van der Waals surface area contributed by atoms with Crippen LogP contribution in [0.15, 0.2) is 24.3 Å². The van der Waals surface area contributed by atoms with Crippen LogP contribution in [0, 0.1) is 5.92 Å². The lowest BCUT2D eigenvalue weighted by atomic mass is 9.99. The number of para-hydroxylation sites is 2. The number of ether oxygens (including phenoxy) is 1.